The Morgan fingerprint density at radius 2 is 2.27 bits per heavy atom. The van der Waals surface area contributed by atoms with Crippen LogP contribution in [0.3, 0.4) is 0 Å². The van der Waals surface area contributed by atoms with Crippen LogP contribution in [0.15, 0.2) is 30.3 Å². The minimum absolute atomic E-state index is 0.0596. The second-order valence-corrected chi connectivity index (χ2v) is 4.62. The van der Waals surface area contributed by atoms with Gasteiger partial charge in [-0.05, 0) is 12.1 Å². The fourth-order valence-electron chi connectivity index (χ4n) is 1.34. The molecule has 4 heteroatoms. The van der Waals surface area contributed by atoms with E-state index in [9.17, 15) is 0 Å². The Kier molecular flexibility index (Phi) is 4.00. The summed E-state index contributed by atoms with van der Waals surface area (Å²) in [5.41, 5.74) is 0.0596. The van der Waals surface area contributed by atoms with Gasteiger partial charge in [-0.25, -0.2) is 0 Å². The molecule has 0 aromatic heterocycles. The van der Waals surface area contributed by atoms with Crippen molar-refractivity contribution in [2.75, 3.05) is 12.4 Å². The molecule has 80 valence electrons. The lowest BCUT2D eigenvalue weighted by molar-refractivity contribution is 0.0602. The van der Waals surface area contributed by atoms with Gasteiger partial charge in [0.25, 0.3) is 0 Å². The average Bonchev–Trinajstić information content (AvgIpc) is 2.76. The van der Waals surface area contributed by atoms with Gasteiger partial charge in [0.1, 0.15) is 23.9 Å². The van der Waals surface area contributed by atoms with Crippen molar-refractivity contribution >= 4 is 29.3 Å². The molecule has 1 aromatic rings. The standard InChI is InChI=1S/C11H12O2S2/c14-7-11-13-10(8-15-11)6-12-9-4-2-1-3-5-9/h1-5,7,10-11H,6,8H2. The lowest BCUT2D eigenvalue weighted by atomic mass is 10.3. The largest absolute Gasteiger partial charge is 0.491 e. The Morgan fingerprint density at radius 1 is 1.47 bits per heavy atom. The molecule has 1 saturated heterocycles. The smallest absolute Gasteiger partial charge is 0.132 e. The van der Waals surface area contributed by atoms with Crippen LogP contribution in [0, 0.1) is 0 Å². The number of rotatable bonds is 4. The van der Waals surface area contributed by atoms with Crippen LogP contribution in [0.2, 0.25) is 0 Å². The van der Waals surface area contributed by atoms with E-state index >= 15 is 0 Å². The minimum atomic E-state index is 0.0596. The molecule has 2 nitrogen and oxygen atoms in total. The topological polar surface area (TPSA) is 18.5 Å². The second kappa shape index (κ2) is 5.49. The van der Waals surface area contributed by atoms with Crippen molar-refractivity contribution in [3.8, 4) is 5.75 Å². The Bertz CT molecular complexity index is 316. The molecule has 1 aliphatic heterocycles. The van der Waals surface area contributed by atoms with Crippen LogP contribution in [0.25, 0.3) is 0 Å². The third-order valence-corrected chi connectivity index (χ3v) is 3.62. The Hall–Kier alpha value is -0.580. The number of hydrogen-bond acceptors (Lipinski definition) is 4. The van der Waals surface area contributed by atoms with Crippen LogP contribution in [0.1, 0.15) is 0 Å². The predicted octanol–water partition coefficient (Wildman–Crippen LogP) is 2.52. The summed E-state index contributed by atoms with van der Waals surface area (Å²) in [4.78, 5) is 0. The highest BCUT2D eigenvalue weighted by molar-refractivity contribution is 8.01. The minimum Gasteiger partial charge on any atom is -0.491 e. The molecular weight excluding hydrogens is 228 g/mol. The molecule has 2 atom stereocenters. The first kappa shape index (κ1) is 10.9. The van der Waals surface area contributed by atoms with E-state index in [0.717, 1.165) is 11.5 Å². The van der Waals surface area contributed by atoms with Gasteiger partial charge in [-0.15, -0.1) is 11.8 Å². The number of thioether (sulfide) groups is 1. The lowest BCUT2D eigenvalue weighted by Gasteiger charge is -2.11. The van der Waals surface area contributed by atoms with Crippen LogP contribution in [0.4, 0.5) is 0 Å². The zero-order valence-corrected chi connectivity index (χ0v) is 9.80. The molecule has 0 radical (unpaired) electrons. The molecule has 1 aliphatic rings. The highest BCUT2D eigenvalue weighted by Gasteiger charge is 2.24. The normalized spacial score (nSPS) is 25.1. The van der Waals surface area contributed by atoms with Crippen molar-refractivity contribution in [1.29, 1.82) is 0 Å². The van der Waals surface area contributed by atoms with Crippen molar-refractivity contribution in [2.24, 2.45) is 0 Å². The van der Waals surface area contributed by atoms with Gasteiger partial charge in [0, 0.05) is 11.1 Å². The molecule has 1 heterocycles. The number of benzene rings is 1. The van der Waals surface area contributed by atoms with E-state index in [1.165, 1.54) is 0 Å². The predicted molar refractivity (Wildman–Crippen MR) is 66.7 cm³/mol. The van der Waals surface area contributed by atoms with Gasteiger partial charge < -0.3 is 9.47 Å². The second-order valence-electron chi connectivity index (χ2n) is 3.22. The van der Waals surface area contributed by atoms with E-state index in [0.29, 0.717) is 6.61 Å². The zero-order chi connectivity index (χ0) is 10.5. The molecule has 1 aromatic carbocycles. The summed E-state index contributed by atoms with van der Waals surface area (Å²) < 4.78 is 11.2. The Morgan fingerprint density at radius 3 is 2.93 bits per heavy atom. The number of thiocarbonyl (C=S) groups is 1. The third-order valence-electron chi connectivity index (χ3n) is 2.06. The van der Waals surface area contributed by atoms with Gasteiger partial charge in [-0.1, -0.05) is 30.4 Å². The average molecular weight is 240 g/mol. The van der Waals surface area contributed by atoms with E-state index in [1.807, 2.05) is 30.3 Å². The van der Waals surface area contributed by atoms with E-state index < -0.39 is 0 Å². The van der Waals surface area contributed by atoms with Crippen molar-refractivity contribution in [3.63, 3.8) is 0 Å². The molecule has 1 fully saturated rings. The highest BCUT2D eigenvalue weighted by Crippen LogP contribution is 2.24. The summed E-state index contributed by atoms with van der Waals surface area (Å²) in [7, 11) is 0. The number of ether oxygens (including phenoxy) is 2. The molecule has 0 bridgehead atoms. The number of para-hydroxylation sites is 1. The van der Waals surface area contributed by atoms with Gasteiger partial charge in [-0.2, -0.15) is 0 Å². The first-order valence-electron chi connectivity index (χ1n) is 4.78. The first-order valence-corrected chi connectivity index (χ1v) is 6.30. The molecule has 0 aliphatic carbocycles. The third kappa shape index (κ3) is 3.19. The molecule has 0 spiro atoms. The van der Waals surface area contributed by atoms with E-state index in [4.69, 9.17) is 21.7 Å². The summed E-state index contributed by atoms with van der Waals surface area (Å²) in [6.07, 6.45) is 0.152. The van der Waals surface area contributed by atoms with Crippen molar-refractivity contribution in [2.45, 2.75) is 11.5 Å². The monoisotopic (exact) mass is 240 g/mol. The maximum Gasteiger partial charge on any atom is 0.132 e. The molecule has 0 saturated carbocycles. The fraction of sp³-hybridized carbons (Fsp3) is 0.364. The van der Waals surface area contributed by atoms with Gasteiger partial charge in [0.05, 0.1) is 0 Å². The molecule has 15 heavy (non-hydrogen) atoms. The van der Waals surface area contributed by atoms with Crippen LogP contribution in [-0.4, -0.2) is 29.3 Å². The fourth-order valence-corrected chi connectivity index (χ4v) is 2.53. The van der Waals surface area contributed by atoms with Crippen LogP contribution in [0.5, 0.6) is 5.75 Å². The van der Waals surface area contributed by atoms with Crippen LogP contribution >= 0.6 is 24.0 Å². The van der Waals surface area contributed by atoms with Crippen molar-refractivity contribution in [1.82, 2.24) is 0 Å². The maximum absolute atomic E-state index is 5.61. The van der Waals surface area contributed by atoms with E-state index in [1.54, 1.807) is 17.1 Å². The lowest BCUT2D eigenvalue weighted by Crippen LogP contribution is -2.21. The van der Waals surface area contributed by atoms with E-state index in [2.05, 4.69) is 0 Å². The van der Waals surface area contributed by atoms with Crippen LogP contribution in [-0.2, 0) is 4.74 Å². The van der Waals surface area contributed by atoms with E-state index in [-0.39, 0.29) is 11.5 Å². The van der Waals surface area contributed by atoms with Crippen LogP contribution < -0.4 is 4.74 Å². The van der Waals surface area contributed by atoms with Gasteiger partial charge in [0.15, 0.2) is 0 Å². The van der Waals surface area contributed by atoms with Gasteiger partial charge in [-0.3, -0.25) is 0 Å². The molecule has 0 amide bonds. The van der Waals surface area contributed by atoms with Crippen molar-refractivity contribution in [3.05, 3.63) is 30.3 Å². The molecule has 2 unspecified atom stereocenters. The first-order chi connectivity index (χ1) is 7.38. The summed E-state index contributed by atoms with van der Waals surface area (Å²) in [5.74, 6) is 1.84. The summed E-state index contributed by atoms with van der Waals surface area (Å²) in [6.45, 7) is 0.594. The quantitative estimate of drug-likeness (QED) is 0.752. The summed E-state index contributed by atoms with van der Waals surface area (Å²) >= 11 is 6.55. The van der Waals surface area contributed by atoms with Gasteiger partial charge >= 0.3 is 0 Å². The molecule has 0 N–H and O–H groups in total. The molecule has 2 rings (SSSR count). The van der Waals surface area contributed by atoms with Crippen molar-refractivity contribution < 1.29 is 9.47 Å². The molecular formula is C11H12O2S2. The Balaban J connectivity index is 1.77. The number of hydrogen-bond donors (Lipinski definition) is 0. The summed E-state index contributed by atoms with van der Waals surface area (Å²) in [5, 5.41) is 1.66. The Labute approximate surface area is 99.0 Å². The SMILES string of the molecule is S=CC1OC(COc2ccccc2)CS1. The highest BCUT2D eigenvalue weighted by atomic mass is 32.2. The zero-order valence-electron chi connectivity index (χ0n) is 8.17. The summed E-state index contributed by atoms with van der Waals surface area (Å²) in [6, 6.07) is 9.77. The van der Waals surface area contributed by atoms with Gasteiger partial charge in [0.2, 0.25) is 0 Å². The maximum atomic E-state index is 5.61.